The second-order valence-electron chi connectivity index (χ2n) is 6.80. The zero-order valence-electron chi connectivity index (χ0n) is 17.9. The van der Waals surface area contributed by atoms with Gasteiger partial charge in [0.05, 0.1) is 0 Å². The number of nitrogens with zero attached hydrogens (tertiary/aromatic N) is 4. The Kier molecular flexibility index (Phi) is 9.70. The second-order valence-corrected chi connectivity index (χ2v) is 6.80. The van der Waals surface area contributed by atoms with Crippen molar-refractivity contribution in [2.45, 2.75) is 33.4 Å². The molecule has 1 aromatic heterocycles. The lowest BCUT2D eigenvalue weighted by atomic mass is 10.1. The van der Waals surface area contributed by atoms with Crippen molar-refractivity contribution in [2.24, 2.45) is 4.99 Å². The fourth-order valence-corrected chi connectivity index (χ4v) is 3.01. The summed E-state index contributed by atoms with van der Waals surface area (Å²) in [5.41, 5.74) is 2.11. The number of hydrogen-bond donors (Lipinski definition) is 2. The average Bonchev–Trinajstić information content (AvgIpc) is 3.21. The van der Waals surface area contributed by atoms with Crippen molar-refractivity contribution in [1.29, 1.82) is 0 Å². The number of ether oxygens (including phenoxy) is 1. The molecule has 0 unspecified atom stereocenters. The van der Waals surface area contributed by atoms with Crippen molar-refractivity contribution in [3.05, 3.63) is 71.6 Å². The lowest BCUT2D eigenvalue weighted by Gasteiger charge is -2.14. The van der Waals surface area contributed by atoms with E-state index in [2.05, 4.69) is 38.8 Å². The van der Waals surface area contributed by atoms with Gasteiger partial charge in [0, 0.05) is 33.1 Å². The van der Waals surface area contributed by atoms with Crippen LogP contribution in [0.2, 0.25) is 0 Å². The van der Waals surface area contributed by atoms with Crippen molar-refractivity contribution >= 4 is 29.9 Å². The van der Waals surface area contributed by atoms with Gasteiger partial charge in [0.2, 0.25) is 0 Å². The first-order valence-corrected chi connectivity index (χ1v) is 9.93. The Morgan fingerprint density at radius 1 is 1.16 bits per heavy atom. The normalized spacial score (nSPS) is 11.0. The summed E-state index contributed by atoms with van der Waals surface area (Å²) in [5.74, 6) is 2.77. The molecule has 9 heteroatoms. The molecule has 7 nitrogen and oxygen atoms in total. The molecule has 2 aromatic carbocycles. The van der Waals surface area contributed by atoms with E-state index in [9.17, 15) is 4.39 Å². The van der Waals surface area contributed by atoms with Crippen molar-refractivity contribution in [3.8, 4) is 11.5 Å². The number of aliphatic imine (C=N–C) groups is 1. The Morgan fingerprint density at radius 2 is 1.94 bits per heavy atom. The average molecular weight is 538 g/mol. The molecule has 0 saturated carbocycles. The van der Waals surface area contributed by atoms with Gasteiger partial charge in [-0.15, -0.1) is 34.2 Å². The van der Waals surface area contributed by atoms with Crippen molar-refractivity contribution in [2.75, 3.05) is 13.6 Å². The molecule has 0 spiro atoms. The van der Waals surface area contributed by atoms with E-state index in [1.54, 1.807) is 25.5 Å². The molecule has 0 fully saturated rings. The monoisotopic (exact) mass is 538 g/mol. The van der Waals surface area contributed by atoms with E-state index in [1.165, 1.54) is 12.1 Å². The minimum atomic E-state index is -0.282. The van der Waals surface area contributed by atoms with Gasteiger partial charge in [-0.1, -0.05) is 19.1 Å². The number of guanidine groups is 1. The van der Waals surface area contributed by atoms with Gasteiger partial charge in [-0.25, -0.2) is 4.39 Å². The highest BCUT2D eigenvalue weighted by Gasteiger charge is 2.05. The SMILES string of the molecule is CCc1nncn1CCNC(=NC)NCc1ccc(Oc2ccc(F)cc2)c(C)c1.I. The molecule has 3 aromatic rings. The lowest BCUT2D eigenvalue weighted by Crippen LogP contribution is -2.38. The van der Waals surface area contributed by atoms with Gasteiger partial charge in [-0.05, 0) is 48.4 Å². The molecule has 0 aliphatic heterocycles. The molecule has 0 atom stereocenters. The van der Waals surface area contributed by atoms with E-state index in [1.807, 2.05) is 23.6 Å². The molecule has 0 amide bonds. The third kappa shape index (κ3) is 7.20. The summed E-state index contributed by atoms with van der Waals surface area (Å²) in [5, 5.41) is 14.6. The fraction of sp³-hybridized carbons (Fsp3) is 0.318. The molecular formula is C22H28FIN6O. The highest BCUT2D eigenvalue weighted by Crippen LogP contribution is 2.25. The van der Waals surface area contributed by atoms with Crippen LogP contribution in [-0.4, -0.2) is 34.3 Å². The summed E-state index contributed by atoms with van der Waals surface area (Å²) in [4.78, 5) is 4.27. The van der Waals surface area contributed by atoms with Gasteiger partial charge in [0.1, 0.15) is 29.5 Å². The molecule has 0 bridgehead atoms. The van der Waals surface area contributed by atoms with Gasteiger partial charge in [0.25, 0.3) is 0 Å². The fourth-order valence-electron chi connectivity index (χ4n) is 3.01. The van der Waals surface area contributed by atoms with Crippen LogP contribution in [0.5, 0.6) is 11.5 Å². The summed E-state index contributed by atoms with van der Waals surface area (Å²) >= 11 is 0. The number of halogens is 2. The van der Waals surface area contributed by atoms with Crippen LogP contribution in [-0.2, 0) is 19.5 Å². The number of aromatic nitrogens is 3. The summed E-state index contributed by atoms with van der Waals surface area (Å²) in [7, 11) is 1.75. The van der Waals surface area contributed by atoms with Crippen LogP contribution in [0, 0.1) is 12.7 Å². The maximum absolute atomic E-state index is 13.0. The first kappa shape index (κ1) is 24.6. The molecule has 0 radical (unpaired) electrons. The number of aryl methyl sites for hydroxylation is 2. The predicted molar refractivity (Wildman–Crippen MR) is 131 cm³/mol. The minimum absolute atomic E-state index is 0. The summed E-state index contributed by atoms with van der Waals surface area (Å²) in [6.07, 6.45) is 2.60. The summed E-state index contributed by atoms with van der Waals surface area (Å²) < 4.78 is 20.9. The van der Waals surface area contributed by atoms with Gasteiger partial charge in [0.15, 0.2) is 5.96 Å². The number of nitrogens with one attached hydrogen (secondary N) is 2. The van der Waals surface area contributed by atoms with E-state index in [0.717, 1.165) is 41.6 Å². The third-order valence-corrected chi connectivity index (χ3v) is 4.62. The molecule has 0 saturated heterocycles. The second kappa shape index (κ2) is 12.2. The van der Waals surface area contributed by atoms with Crippen LogP contribution in [0.1, 0.15) is 23.9 Å². The zero-order chi connectivity index (χ0) is 21.3. The predicted octanol–water partition coefficient (Wildman–Crippen LogP) is 4.06. The van der Waals surface area contributed by atoms with Crippen molar-refractivity contribution in [3.63, 3.8) is 0 Å². The first-order chi connectivity index (χ1) is 14.6. The largest absolute Gasteiger partial charge is 0.457 e. The Hall–Kier alpha value is -2.69. The third-order valence-electron chi connectivity index (χ3n) is 4.62. The van der Waals surface area contributed by atoms with Crippen LogP contribution < -0.4 is 15.4 Å². The molecular weight excluding hydrogens is 510 g/mol. The topological polar surface area (TPSA) is 76.4 Å². The highest BCUT2D eigenvalue weighted by molar-refractivity contribution is 14.0. The molecule has 0 aliphatic carbocycles. The van der Waals surface area contributed by atoms with Crippen LogP contribution in [0.4, 0.5) is 4.39 Å². The van der Waals surface area contributed by atoms with Gasteiger partial charge >= 0.3 is 0 Å². The maximum atomic E-state index is 13.0. The standard InChI is InChI=1S/C22H27FN6O.HI/c1-4-21-28-27-15-29(21)12-11-25-22(24-3)26-14-17-5-10-20(16(2)13-17)30-19-8-6-18(23)7-9-19;/h5-10,13,15H,4,11-12,14H2,1-3H3,(H2,24,25,26);1H. The summed E-state index contributed by atoms with van der Waals surface area (Å²) in [6, 6.07) is 12.0. The number of hydrogen-bond acceptors (Lipinski definition) is 4. The lowest BCUT2D eigenvalue weighted by molar-refractivity contribution is 0.476. The molecule has 2 N–H and O–H groups in total. The Morgan fingerprint density at radius 3 is 2.61 bits per heavy atom. The smallest absolute Gasteiger partial charge is 0.191 e. The highest BCUT2D eigenvalue weighted by atomic mass is 127. The molecule has 0 aliphatic rings. The summed E-state index contributed by atoms with van der Waals surface area (Å²) in [6.45, 7) is 6.16. The Balaban J connectivity index is 0.00000341. The molecule has 3 rings (SSSR count). The molecule has 166 valence electrons. The van der Waals surface area contributed by atoms with E-state index in [-0.39, 0.29) is 29.8 Å². The van der Waals surface area contributed by atoms with E-state index in [0.29, 0.717) is 18.8 Å². The van der Waals surface area contributed by atoms with Gasteiger partial charge in [-0.2, -0.15) is 0 Å². The van der Waals surface area contributed by atoms with E-state index in [4.69, 9.17) is 4.74 Å². The molecule has 1 heterocycles. The van der Waals surface area contributed by atoms with Crippen molar-refractivity contribution in [1.82, 2.24) is 25.4 Å². The number of rotatable bonds is 8. The maximum Gasteiger partial charge on any atom is 0.191 e. The van der Waals surface area contributed by atoms with Gasteiger partial charge in [-0.3, -0.25) is 4.99 Å². The van der Waals surface area contributed by atoms with Crippen LogP contribution >= 0.6 is 24.0 Å². The molecule has 31 heavy (non-hydrogen) atoms. The van der Waals surface area contributed by atoms with E-state index < -0.39 is 0 Å². The minimum Gasteiger partial charge on any atom is -0.457 e. The first-order valence-electron chi connectivity index (χ1n) is 9.93. The Bertz CT molecular complexity index is 990. The van der Waals surface area contributed by atoms with Crippen molar-refractivity contribution < 1.29 is 9.13 Å². The van der Waals surface area contributed by atoms with Crippen LogP contribution in [0.15, 0.2) is 53.8 Å². The number of benzene rings is 2. The van der Waals surface area contributed by atoms with Crippen LogP contribution in [0.3, 0.4) is 0 Å². The van der Waals surface area contributed by atoms with E-state index >= 15 is 0 Å². The quantitative estimate of drug-likeness (QED) is 0.257. The zero-order valence-corrected chi connectivity index (χ0v) is 20.3. The Labute approximate surface area is 199 Å². The van der Waals surface area contributed by atoms with Gasteiger partial charge < -0.3 is 19.9 Å². The van der Waals surface area contributed by atoms with Crippen LogP contribution in [0.25, 0.3) is 0 Å².